The highest BCUT2D eigenvalue weighted by atomic mass is 16.7. The van der Waals surface area contributed by atoms with Gasteiger partial charge < -0.3 is 14.8 Å². The van der Waals surface area contributed by atoms with Crippen LogP contribution in [0.15, 0.2) is 18.2 Å². The van der Waals surface area contributed by atoms with Crippen LogP contribution in [0.5, 0.6) is 11.5 Å². The van der Waals surface area contributed by atoms with Crippen molar-refractivity contribution in [2.45, 2.75) is 52.1 Å². The maximum atomic E-state index is 12.7. The molecule has 1 aromatic rings. The van der Waals surface area contributed by atoms with Crippen LogP contribution in [0, 0.1) is 0 Å². The Labute approximate surface area is 120 Å². The molecule has 1 aliphatic heterocycles. The van der Waals surface area contributed by atoms with E-state index >= 15 is 0 Å². The first-order valence-electron chi connectivity index (χ1n) is 7.12. The van der Waals surface area contributed by atoms with Gasteiger partial charge in [0.15, 0.2) is 17.3 Å². The van der Waals surface area contributed by atoms with Crippen molar-refractivity contribution in [3.05, 3.63) is 23.8 Å². The molecular weight excluding hydrogens is 254 g/mol. The number of Topliss-reactive ketones (excluding diaryl/α,β-unsaturated/α-hetero) is 1. The van der Waals surface area contributed by atoms with E-state index < -0.39 is 0 Å². The average molecular weight is 277 g/mol. The first-order chi connectivity index (χ1) is 9.40. The Hall–Kier alpha value is -1.55. The summed E-state index contributed by atoms with van der Waals surface area (Å²) in [6, 6.07) is 5.22. The van der Waals surface area contributed by atoms with Gasteiger partial charge in [0.25, 0.3) is 0 Å². The van der Waals surface area contributed by atoms with Crippen molar-refractivity contribution in [3.8, 4) is 11.5 Å². The number of ketones is 1. The third-order valence-electron chi connectivity index (χ3n) is 3.16. The molecule has 0 aromatic heterocycles. The number of hydrogen-bond acceptors (Lipinski definition) is 4. The number of fused-ring (bicyclic) bond motifs is 1. The van der Waals surface area contributed by atoms with Gasteiger partial charge in [0.05, 0.1) is 6.04 Å². The minimum atomic E-state index is -0.166. The van der Waals surface area contributed by atoms with Crippen LogP contribution < -0.4 is 14.8 Å². The Morgan fingerprint density at radius 3 is 2.65 bits per heavy atom. The molecule has 2 rings (SSSR count). The van der Waals surface area contributed by atoms with Crippen molar-refractivity contribution >= 4 is 5.78 Å². The summed E-state index contributed by atoms with van der Waals surface area (Å²) in [6.07, 6.45) is 1.79. The summed E-state index contributed by atoms with van der Waals surface area (Å²) in [7, 11) is 0. The van der Waals surface area contributed by atoms with Crippen LogP contribution in [0.4, 0.5) is 0 Å². The fourth-order valence-corrected chi connectivity index (χ4v) is 2.33. The molecule has 1 heterocycles. The number of carbonyl (C=O) groups excluding carboxylic acids is 1. The Morgan fingerprint density at radius 1 is 1.30 bits per heavy atom. The molecule has 1 aromatic carbocycles. The van der Waals surface area contributed by atoms with Gasteiger partial charge in [-0.3, -0.25) is 4.79 Å². The molecule has 0 radical (unpaired) electrons. The third kappa shape index (κ3) is 3.51. The maximum Gasteiger partial charge on any atom is 0.231 e. The summed E-state index contributed by atoms with van der Waals surface area (Å²) in [5.41, 5.74) is 0.579. The van der Waals surface area contributed by atoms with E-state index in [4.69, 9.17) is 9.47 Å². The summed E-state index contributed by atoms with van der Waals surface area (Å²) in [5, 5.41) is 3.40. The Balaban J connectivity index is 2.18. The van der Waals surface area contributed by atoms with E-state index in [-0.39, 0.29) is 24.2 Å². The van der Waals surface area contributed by atoms with E-state index in [1.165, 1.54) is 0 Å². The van der Waals surface area contributed by atoms with Gasteiger partial charge in [-0.15, -0.1) is 0 Å². The van der Waals surface area contributed by atoms with E-state index in [0.717, 1.165) is 12.8 Å². The van der Waals surface area contributed by atoms with E-state index in [1.807, 2.05) is 6.07 Å². The van der Waals surface area contributed by atoms with Gasteiger partial charge in [-0.2, -0.15) is 0 Å². The fraction of sp³-hybridized carbons (Fsp3) is 0.562. The van der Waals surface area contributed by atoms with Gasteiger partial charge in [-0.25, -0.2) is 0 Å². The number of carbonyl (C=O) groups is 1. The maximum absolute atomic E-state index is 12.7. The van der Waals surface area contributed by atoms with Crippen molar-refractivity contribution in [1.82, 2.24) is 5.32 Å². The predicted octanol–water partition coefficient (Wildman–Crippen LogP) is 3.15. The van der Waals surface area contributed by atoms with Gasteiger partial charge in [-0.1, -0.05) is 13.3 Å². The second-order valence-electron chi connectivity index (χ2n) is 6.17. The minimum absolute atomic E-state index is 0.0914. The van der Waals surface area contributed by atoms with Gasteiger partial charge in [-0.05, 0) is 45.4 Å². The summed E-state index contributed by atoms with van der Waals surface area (Å²) in [5.74, 6) is 1.47. The summed E-state index contributed by atoms with van der Waals surface area (Å²) < 4.78 is 10.6. The van der Waals surface area contributed by atoms with Gasteiger partial charge in [0.2, 0.25) is 6.79 Å². The van der Waals surface area contributed by atoms with Crippen molar-refractivity contribution in [2.75, 3.05) is 6.79 Å². The second kappa shape index (κ2) is 5.83. The number of benzene rings is 1. The summed E-state index contributed by atoms with van der Waals surface area (Å²) in [4.78, 5) is 12.7. The molecule has 1 atom stereocenters. The van der Waals surface area contributed by atoms with Crippen LogP contribution in [-0.2, 0) is 0 Å². The van der Waals surface area contributed by atoms with Crippen molar-refractivity contribution in [3.63, 3.8) is 0 Å². The zero-order chi connectivity index (χ0) is 14.8. The van der Waals surface area contributed by atoms with Crippen LogP contribution in [0.3, 0.4) is 0 Å². The molecule has 1 unspecified atom stereocenters. The van der Waals surface area contributed by atoms with E-state index in [9.17, 15) is 4.79 Å². The van der Waals surface area contributed by atoms with Crippen LogP contribution in [0.1, 0.15) is 50.9 Å². The van der Waals surface area contributed by atoms with E-state index in [1.54, 1.807) is 12.1 Å². The molecular formula is C16H23NO3. The molecule has 110 valence electrons. The lowest BCUT2D eigenvalue weighted by Crippen LogP contribution is -2.47. The van der Waals surface area contributed by atoms with Gasteiger partial charge >= 0.3 is 0 Å². The molecule has 0 saturated carbocycles. The molecule has 4 heteroatoms. The third-order valence-corrected chi connectivity index (χ3v) is 3.16. The lowest BCUT2D eigenvalue weighted by atomic mass is 9.97. The molecule has 0 spiro atoms. The Kier molecular flexibility index (Phi) is 4.33. The second-order valence-corrected chi connectivity index (χ2v) is 6.17. The standard InChI is InChI=1S/C16H23NO3/c1-5-6-12(17-16(2,3)4)15(18)11-7-8-13-14(9-11)20-10-19-13/h7-9,12,17H,5-6,10H2,1-4H3. The lowest BCUT2D eigenvalue weighted by Gasteiger charge is -2.27. The molecule has 0 amide bonds. The number of nitrogens with one attached hydrogen (secondary N) is 1. The zero-order valence-electron chi connectivity index (χ0n) is 12.7. The normalized spacial score (nSPS) is 15.2. The Morgan fingerprint density at radius 2 is 2.00 bits per heavy atom. The summed E-state index contributed by atoms with van der Waals surface area (Å²) in [6.45, 7) is 8.53. The van der Waals surface area contributed by atoms with Crippen LogP contribution in [0.25, 0.3) is 0 Å². The molecule has 1 aliphatic rings. The van der Waals surface area contributed by atoms with Crippen LogP contribution >= 0.6 is 0 Å². The minimum Gasteiger partial charge on any atom is -0.454 e. The predicted molar refractivity (Wildman–Crippen MR) is 78.5 cm³/mol. The molecule has 0 saturated heterocycles. The molecule has 0 aliphatic carbocycles. The average Bonchev–Trinajstić information content (AvgIpc) is 2.83. The molecule has 1 N–H and O–H groups in total. The molecule has 4 nitrogen and oxygen atoms in total. The van der Waals surface area contributed by atoms with Crippen molar-refractivity contribution in [1.29, 1.82) is 0 Å². The zero-order valence-corrected chi connectivity index (χ0v) is 12.7. The number of hydrogen-bond donors (Lipinski definition) is 1. The number of ether oxygens (including phenoxy) is 2. The highest BCUT2D eigenvalue weighted by Gasteiger charge is 2.25. The Bertz CT molecular complexity index is 491. The molecule has 0 bridgehead atoms. The van der Waals surface area contributed by atoms with Gasteiger partial charge in [0.1, 0.15) is 0 Å². The van der Waals surface area contributed by atoms with Crippen LogP contribution in [0.2, 0.25) is 0 Å². The van der Waals surface area contributed by atoms with Gasteiger partial charge in [0, 0.05) is 11.1 Å². The van der Waals surface area contributed by atoms with Crippen molar-refractivity contribution in [2.24, 2.45) is 0 Å². The smallest absolute Gasteiger partial charge is 0.231 e. The quantitative estimate of drug-likeness (QED) is 0.840. The molecule has 0 fully saturated rings. The fourth-order valence-electron chi connectivity index (χ4n) is 2.33. The van der Waals surface area contributed by atoms with E-state index in [0.29, 0.717) is 17.1 Å². The van der Waals surface area contributed by atoms with Crippen molar-refractivity contribution < 1.29 is 14.3 Å². The topological polar surface area (TPSA) is 47.6 Å². The molecule has 20 heavy (non-hydrogen) atoms. The SMILES string of the molecule is CCCC(NC(C)(C)C)C(=O)c1ccc2c(c1)OCO2. The highest BCUT2D eigenvalue weighted by Crippen LogP contribution is 2.33. The number of rotatable bonds is 5. The first-order valence-corrected chi connectivity index (χ1v) is 7.12. The largest absolute Gasteiger partial charge is 0.454 e. The first kappa shape index (κ1) is 14.9. The lowest BCUT2D eigenvalue weighted by molar-refractivity contribution is 0.0919. The summed E-state index contributed by atoms with van der Waals surface area (Å²) >= 11 is 0. The highest BCUT2D eigenvalue weighted by molar-refractivity contribution is 6.00. The van der Waals surface area contributed by atoms with E-state index in [2.05, 4.69) is 33.0 Å². The monoisotopic (exact) mass is 277 g/mol. The van der Waals surface area contributed by atoms with Crippen LogP contribution in [-0.4, -0.2) is 24.2 Å².